The molecule has 3 aromatic carbocycles. The zero-order valence-electron chi connectivity index (χ0n) is 17.5. The third-order valence-corrected chi connectivity index (χ3v) is 5.65. The van der Waals surface area contributed by atoms with E-state index in [1.165, 1.54) is 17.5 Å². The summed E-state index contributed by atoms with van der Waals surface area (Å²) >= 11 is 0. The van der Waals surface area contributed by atoms with Crippen molar-refractivity contribution in [3.8, 4) is 11.5 Å². The number of nitrogens with one attached hydrogen (secondary N) is 3. The largest absolute Gasteiger partial charge is 0.506 e. The molecule has 9 heteroatoms. The highest BCUT2D eigenvalue weighted by molar-refractivity contribution is 7.92. The number of ether oxygens (including phenoxy) is 1. The van der Waals surface area contributed by atoms with Gasteiger partial charge in [-0.25, -0.2) is 8.42 Å². The first-order chi connectivity index (χ1) is 15.3. The van der Waals surface area contributed by atoms with E-state index in [4.69, 9.17) is 4.74 Å². The highest BCUT2D eigenvalue weighted by Gasteiger charge is 2.13. The SMILES string of the molecule is CS(=O)(=O)Nc1cc(C(O)CNCCOc2ccc3c(c2)[nH]c2ccccc23)ccc1O. The lowest BCUT2D eigenvalue weighted by molar-refractivity contribution is 0.172. The van der Waals surface area contributed by atoms with Crippen LogP contribution in [0.3, 0.4) is 0 Å². The van der Waals surface area contributed by atoms with Crippen LogP contribution < -0.4 is 14.8 Å². The molecule has 0 aliphatic carbocycles. The molecule has 0 aliphatic heterocycles. The van der Waals surface area contributed by atoms with Gasteiger partial charge in [0, 0.05) is 35.4 Å². The Labute approximate surface area is 185 Å². The van der Waals surface area contributed by atoms with Gasteiger partial charge in [-0.3, -0.25) is 4.72 Å². The first-order valence-electron chi connectivity index (χ1n) is 10.1. The van der Waals surface area contributed by atoms with Crippen molar-refractivity contribution in [2.24, 2.45) is 0 Å². The number of fused-ring (bicyclic) bond motifs is 3. The Morgan fingerprint density at radius 1 is 1.03 bits per heavy atom. The Bertz CT molecular complexity index is 1350. The molecule has 0 radical (unpaired) electrons. The van der Waals surface area contributed by atoms with Crippen LogP contribution in [0.25, 0.3) is 21.8 Å². The van der Waals surface area contributed by atoms with Crippen LogP contribution in [-0.2, 0) is 10.0 Å². The molecule has 1 unspecified atom stereocenters. The quantitative estimate of drug-likeness (QED) is 0.195. The topological polar surface area (TPSA) is 124 Å². The zero-order chi connectivity index (χ0) is 22.7. The third kappa shape index (κ3) is 5.13. The summed E-state index contributed by atoms with van der Waals surface area (Å²) < 4.78 is 30.8. The molecule has 32 heavy (non-hydrogen) atoms. The van der Waals surface area contributed by atoms with Gasteiger partial charge < -0.3 is 25.3 Å². The highest BCUT2D eigenvalue weighted by atomic mass is 32.2. The van der Waals surface area contributed by atoms with Gasteiger partial charge in [-0.1, -0.05) is 24.3 Å². The van der Waals surface area contributed by atoms with E-state index in [0.717, 1.165) is 28.4 Å². The third-order valence-electron chi connectivity index (χ3n) is 5.06. The van der Waals surface area contributed by atoms with Gasteiger partial charge in [-0.05, 0) is 35.9 Å². The van der Waals surface area contributed by atoms with Gasteiger partial charge in [0.05, 0.1) is 23.6 Å². The van der Waals surface area contributed by atoms with Gasteiger partial charge in [0.1, 0.15) is 18.1 Å². The van der Waals surface area contributed by atoms with E-state index < -0.39 is 16.1 Å². The van der Waals surface area contributed by atoms with Crippen molar-refractivity contribution in [2.45, 2.75) is 6.10 Å². The number of rotatable bonds is 9. The Kier molecular flexibility index (Phi) is 6.22. The first-order valence-corrected chi connectivity index (χ1v) is 12.0. The molecule has 1 atom stereocenters. The van der Waals surface area contributed by atoms with Gasteiger partial charge >= 0.3 is 0 Å². The molecule has 0 bridgehead atoms. The number of phenolic OH excluding ortho intramolecular Hbond substituents is 1. The van der Waals surface area contributed by atoms with Crippen LogP contribution in [0.1, 0.15) is 11.7 Å². The number of para-hydroxylation sites is 1. The molecular formula is C23H25N3O5S. The van der Waals surface area contributed by atoms with Crippen molar-refractivity contribution in [3.63, 3.8) is 0 Å². The fraction of sp³-hybridized carbons (Fsp3) is 0.217. The van der Waals surface area contributed by atoms with E-state index in [-0.39, 0.29) is 18.0 Å². The van der Waals surface area contributed by atoms with Crippen LogP contribution in [0.4, 0.5) is 5.69 Å². The number of hydrogen-bond donors (Lipinski definition) is 5. The number of aromatic amines is 1. The summed E-state index contributed by atoms with van der Waals surface area (Å²) in [5.41, 5.74) is 2.60. The van der Waals surface area contributed by atoms with E-state index in [1.54, 1.807) is 6.07 Å². The predicted octanol–water partition coefficient (Wildman–Crippen LogP) is 3.10. The van der Waals surface area contributed by atoms with Crippen LogP contribution in [0.5, 0.6) is 11.5 Å². The van der Waals surface area contributed by atoms with Gasteiger partial charge in [0.25, 0.3) is 0 Å². The maximum atomic E-state index is 11.4. The fourth-order valence-corrected chi connectivity index (χ4v) is 4.13. The van der Waals surface area contributed by atoms with Crippen LogP contribution >= 0.6 is 0 Å². The molecule has 0 saturated carbocycles. The molecule has 0 spiro atoms. The van der Waals surface area contributed by atoms with Crippen molar-refractivity contribution in [1.29, 1.82) is 0 Å². The summed E-state index contributed by atoms with van der Waals surface area (Å²) in [4.78, 5) is 3.39. The summed E-state index contributed by atoms with van der Waals surface area (Å²) in [6.07, 6.45) is 0.117. The number of aromatic hydroxyl groups is 1. The predicted molar refractivity (Wildman–Crippen MR) is 126 cm³/mol. The standard InChI is InChI=1S/C23H25N3O5S/c1-32(29,30)26-21-12-15(6-9-22(21)27)23(28)14-24-10-11-31-16-7-8-18-17-4-2-3-5-19(17)25-20(18)13-16/h2-9,12-13,23-28H,10-11,14H2,1H3. The molecule has 0 saturated heterocycles. The summed E-state index contributed by atoms with van der Waals surface area (Å²) in [5.74, 6) is 0.543. The molecule has 4 rings (SSSR count). The molecule has 5 N–H and O–H groups in total. The second-order valence-corrected chi connectivity index (χ2v) is 9.35. The average Bonchev–Trinajstić information content (AvgIpc) is 3.11. The Balaban J connectivity index is 1.29. The summed E-state index contributed by atoms with van der Waals surface area (Å²) in [5, 5.41) is 25.6. The fourth-order valence-electron chi connectivity index (χ4n) is 3.56. The lowest BCUT2D eigenvalue weighted by Crippen LogP contribution is -2.26. The van der Waals surface area contributed by atoms with Crippen LogP contribution in [0.2, 0.25) is 0 Å². The number of anilines is 1. The number of aliphatic hydroxyl groups excluding tert-OH is 1. The second-order valence-electron chi connectivity index (χ2n) is 7.60. The maximum Gasteiger partial charge on any atom is 0.229 e. The summed E-state index contributed by atoms with van der Waals surface area (Å²) in [6.45, 7) is 1.16. The zero-order valence-corrected chi connectivity index (χ0v) is 18.3. The van der Waals surface area contributed by atoms with Gasteiger partial charge in [0.2, 0.25) is 10.0 Å². The monoisotopic (exact) mass is 455 g/mol. The van der Waals surface area contributed by atoms with E-state index in [1.807, 2.05) is 36.4 Å². The van der Waals surface area contributed by atoms with Gasteiger partial charge in [-0.15, -0.1) is 0 Å². The lowest BCUT2D eigenvalue weighted by Gasteiger charge is -2.15. The molecule has 1 aromatic heterocycles. The van der Waals surface area contributed by atoms with Crippen molar-refractivity contribution >= 4 is 37.5 Å². The number of benzene rings is 3. The molecule has 168 valence electrons. The van der Waals surface area contributed by atoms with E-state index in [9.17, 15) is 18.6 Å². The highest BCUT2D eigenvalue weighted by Crippen LogP contribution is 2.29. The summed E-state index contributed by atoms with van der Waals surface area (Å²) in [6, 6.07) is 18.4. The molecule has 0 aliphatic rings. The minimum absolute atomic E-state index is 0.0275. The van der Waals surface area contributed by atoms with Gasteiger partial charge in [0.15, 0.2) is 0 Å². The smallest absolute Gasteiger partial charge is 0.229 e. The average molecular weight is 456 g/mol. The minimum atomic E-state index is -3.54. The number of aromatic nitrogens is 1. The number of hydrogen-bond acceptors (Lipinski definition) is 6. The van der Waals surface area contributed by atoms with E-state index in [2.05, 4.69) is 21.1 Å². The van der Waals surface area contributed by atoms with Crippen LogP contribution in [0, 0.1) is 0 Å². The van der Waals surface area contributed by atoms with Crippen molar-refractivity contribution in [1.82, 2.24) is 10.3 Å². The number of phenols is 1. The molecular weight excluding hydrogens is 430 g/mol. The molecule has 0 fully saturated rings. The van der Waals surface area contributed by atoms with E-state index in [0.29, 0.717) is 18.7 Å². The Morgan fingerprint density at radius 2 is 1.81 bits per heavy atom. The minimum Gasteiger partial charge on any atom is -0.506 e. The first kappa shape index (κ1) is 21.9. The Morgan fingerprint density at radius 3 is 2.62 bits per heavy atom. The summed E-state index contributed by atoms with van der Waals surface area (Å²) in [7, 11) is -3.54. The van der Waals surface area contributed by atoms with Crippen LogP contribution in [-0.4, -0.2) is 49.6 Å². The normalized spacial score (nSPS) is 12.8. The molecule has 4 aromatic rings. The maximum absolute atomic E-state index is 11.4. The van der Waals surface area contributed by atoms with Crippen LogP contribution in [0.15, 0.2) is 60.7 Å². The second kappa shape index (κ2) is 9.07. The Hall–Kier alpha value is -3.27. The lowest BCUT2D eigenvalue weighted by atomic mass is 10.1. The van der Waals surface area contributed by atoms with Gasteiger partial charge in [-0.2, -0.15) is 0 Å². The van der Waals surface area contributed by atoms with E-state index >= 15 is 0 Å². The van der Waals surface area contributed by atoms with Crippen molar-refractivity contribution in [2.75, 3.05) is 30.7 Å². The molecule has 8 nitrogen and oxygen atoms in total. The number of aliphatic hydroxyl groups is 1. The molecule has 1 heterocycles. The number of H-pyrrole nitrogens is 1. The van der Waals surface area contributed by atoms with Crippen molar-refractivity contribution < 1.29 is 23.4 Å². The number of sulfonamides is 1. The molecule has 0 amide bonds. The van der Waals surface area contributed by atoms with Crippen molar-refractivity contribution in [3.05, 3.63) is 66.2 Å².